The monoisotopic (exact) mass is 312 g/mol. The normalized spacial score (nSPS) is 13.8. The van der Waals surface area contributed by atoms with E-state index in [1.165, 1.54) is 54.3 Å². The number of fused-ring (bicyclic) bond motifs is 5. The van der Waals surface area contributed by atoms with Gasteiger partial charge in [0.1, 0.15) is 6.33 Å². The van der Waals surface area contributed by atoms with Crippen molar-refractivity contribution in [1.29, 1.82) is 0 Å². The Morgan fingerprint density at radius 2 is 1.58 bits per heavy atom. The lowest BCUT2D eigenvalue weighted by Crippen LogP contribution is -2.09. The van der Waals surface area contributed by atoms with Gasteiger partial charge in [-0.15, -0.1) is 0 Å². The Balaban J connectivity index is 0.000000207. The highest BCUT2D eigenvalue weighted by Crippen LogP contribution is 2.38. The Bertz CT molecular complexity index is 840. The summed E-state index contributed by atoms with van der Waals surface area (Å²) in [5.41, 5.74) is 9.10. The molecule has 5 rings (SSSR count). The highest BCUT2D eigenvalue weighted by molar-refractivity contribution is 5.77. The first-order chi connectivity index (χ1) is 11.9. The number of nitrogens with zero attached hydrogens (tertiary/aromatic N) is 2. The van der Waals surface area contributed by atoms with Crippen molar-refractivity contribution in [3.63, 3.8) is 0 Å². The number of aromatic nitrogens is 2. The standard InChI is InChI=1S/C18H16.C4H4N2/c1-3-7-15-13(5-1)9-11-18-16-8-4-2-6-14(16)10-12-17(15)18;1-2-5-4-6-3-1/h1-3,5-7,10,12H,4,8-9,11H2;1-4H. The molecule has 1 heterocycles. The van der Waals surface area contributed by atoms with Gasteiger partial charge in [-0.25, -0.2) is 9.97 Å². The van der Waals surface area contributed by atoms with Crippen LogP contribution in [0.5, 0.6) is 0 Å². The largest absolute Gasteiger partial charge is 0.245 e. The van der Waals surface area contributed by atoms with E-state index < -0.39 is 0 Å². The quantitative estimate of drug-likeness (QED) is 0.591. The number of rotatable bonds is 0. The molecule has 0 atom stereocenters. The van der Waals surface area contributed by atoms with Gasteiger partial charge < -0.3 is 0 Å². The number of benzene rings is 2. The summed E-state index contributed by atoms with van der Waals surface area (Å²) in [6, 6.07) is 15.3. The lowest BCUT2D eigenvalue weighted by molar-refractivity contribution is 0.887. The van der Waals surface area contributed by atoms with Crippen molar-refractivity contribution in [2.24, 2.45) is 0 Å². The Morgan fingerprint density at radius 1 is 0.708 bits per heavy atom. The Morgan fingerprint density at radius 3 is 2.38 bits per heavy atom. The van der Waals surface area contributed by atoms with Crippen molar-refractivity contribution >= 4 is 6.08 Å². The van der Waals surface area contributed by atoms with Crippen LogP contribution in [0, 0.1) is 0 Å². The average molecular weight is 312 g/mol. The molecule has 0 radical (unpaired) electrons. The van der Waals surface area contributed by atoms with Crippen LogP contribution in [0.2, 0.25) is 0 Å². The average Bonchev–Trinajstić information content (AvgIpc) is 2.69. The molecule has 0 spiro atoms. The SMILES string of the molecule is C1=Cc2ccc3c(c2CC1)CCc1ccccc1-3.c1cncnc1. The van der Waals surface area contributed by atoms with Crippen LogP contribution in [0.1, 0.15) is 28.7 Å². The van der Waals surface area contributed by atoms with Gasteiger partial charge in [0.25, 0.3) is 0 Å². The van der Waals surface area contributed by atoms with E-state index in [4.69, 9.17) is 0 Å². The van der Waals surface area contributed by atoms with Gasteiger partial charge >= 0.3 is 0 Å². The van der Waals surface area contributed by atoms with E-state index in [1.807, 2.05) is 0 Å². The molecule has 118 valence electrons. The van der Waals surface area contributed by atoms with Gasteiger partial charge in [0.2, 0.25) is 0 Å². The fourth-order valence-electron chi connectivity index (χ4n) is 3.65. The lowest BCUT2D eigenvalue weighted by Gasteiger charge is -2.25. The fraction of sp³-hybridized carbons (Fsp3) is 0.182. The molecule has 0 N–H and O–H groups in total. The third-order valence-corrected chi connectivity index (χ3v) is 4.76. The molecule has 0 unspecified atom stereocenters. The molecule has 2 aliphatic carbocycles. The van der Waals surface area contributed by atoms with E-state index in [9.17, 15) is 0 Å². The topological polar surface area (TPSA) is 25.8 Å². The second-order valence-corrected chi connectivity index (χ2v) is 6.16. The minimum atomic E-state index is 1.20. The third kappa shape index (κ3) is 2.88. The molecule has 0 fully saturated rings. The summed E-state index contributed by atoms with van der Waals surface area (Å²) in [6.07, 6.45) is 14.3. The lowest BCUT2D eigenvalue weighted by atomic mass is 9.80. The van der Waals surface area contributed by atoms with E-state index in [2.05, 4.69) is 58.5 Å². The molecule has 24 heavy (non-hydrogen) atoms. The van der Waals surface area contributed by atoms with E-state index in [0.717, 1.165) is 0 Å². The number of aryl methyl sites for hydroxylation is 1. The first-order valence-electron chi connectivity index (χ1n) is 8.53. The summed E-state index contributed by atoms with van der Waals surface area (Å²) < 4.78 is 0. The number of hydrogen-bond acceptors (Lipinski definition) is 2. The third-order valence-electron chi connectivity index (χ3n) is 4.76. The fourth-order valence-corrected chi connectivity index (χ4v) is 3.65. The molecule has 0 amide bonds. The van der Waals surface area contributed by atoms with Crippen molar-refractivity contribution in [3.05, 3.63) is 89.5 Å². The van der Waals surface area contributed by atoms with Crippen LogP contribution >= 0.6 is 0 Å². The van der Waals surface area contributed by atoms with Crippen LogP contribution in [0.3, 0.4) is 0 Å². The zero-order valence-electron chi connectivity index (χ0n) is 13.7. The van der Waals surface area contributed by atoms with Gasteiger partial charge in [-0.05, 0) is 65.1 Å². The molecule has 2 nitrogen and oxygen atoms in total. The molecule has 0 saturated carbocycles. The van der Waals surface area contributed by atoms with Crippen LogP contribution < -0.4 is 0 Å². The van der Waals surface area contributed by atoms with Crippen molar-refractivity contribution < 1.29 is 0 Å². The van der Waals surface area contributed by atoms with Crippen LogP contribution in [0.25, 0.3) is 17.2 Å². The van der Waals surface area contributed by atoms with Gasteiger partial charge in [0.15, 0.2) is 0 Å². The summed E-state index contributed by atoms with van der Waals surface area (Å²) in [6.45, 7) is 0. The Hall–Kier alpha value is -2.74. The van der Waals surface area contributed by atoms with E-state index in [-0.39, 0.29) is 0 Å². The molecule has 2 aliphatic rings. The van der Waals surface area contributed by atoms with Crippen LogP contribution in [-0.2, 0) is 19.3 Å². The first-order valence-corrected chi connectivity index (χ1v) is 8.53. The van der Waals surface area contributed by atoms with Gasteiger partial charge in [0, 0.05) is 12.4 Å². The van der Waals surface area contributed by atoms with Crippen LogP contribution in [0.15, 0.2) is 67.3 Å². The van der Waals surface area contributed by atoms with Crippen LogP contribution in [0.4, 0.5) is 0 Å². The summed E-state index contributed by atoms with van der Waals surface area (Å²) in [4.78, 5) is 7.35. The smallest absolute Gasteiger partial charge is 0.115 e. The van der Waals surface area contributed by atoms with E-state index in [0.29, 0.717) is 0 Å². The maximum absolute atomic E-state index is 3.67. The van der Waals surface area contributed by atoms with E-state index in [1.54, 1.807) is 29.6 Å². The van der Waals surface area contributed by atoms with Crippen molar-refractivity contribution in [2.45, 2.75) is 25.7 Å². The van der Waals surface area contributed by atoms with Gasteiger partial charge in [-0.2, -0.15) is 0 Å². The highest BCUT2D eigenvalue weighted by Gasteiger charge is 2.20. The maximum Gasteiger partial charge on any atom is 0.115 e. The molecule has 2 heteroatoms. The second kappa shape index (κ2) is 6.79. The summed E-state index contributed by atoms with van der Waals surface area (Å²) in [5, 5.41) is 0. The molecule has 0 saturated heterocycles. The summed E-state index contributed by atoms with van der Waals surface area (Å²) >= 11 is 0. The summed E-state index contributed by atoms with van der Waals surface area (Å²) in [7, 11) is 0. The minimum absolute atomic E-state index is 1.20. The molecular formula is C22H20N2. The van der Waals surface area contributed by atoms with Crippen LogP contribution in [-0.4, -0.2) is 9.97 Å². The second-order valence-electron chi connectivity index (χ2n) is 6.16. The molecular weight excluding hydrogens is 292 g/mol. The summed E-state index contributed by atoms with van der Waals surface area (Å²) in [5.74, 6) is 0. The molecule has 2 aromatic carbocycles. The van der Waals surface area contributed by atoms with Gasteiger partial charge in [0.05, 0.1) is 0 Å². The number of allylic oxidation sites excluding steroid dienone is 1. The Labute approximate surface area is 142 Å². The maximum atomic E-state index is 3.67. The van der Waals surface area contributed by atoms with Crippen molar-refractivity contribution in [3.8, 4) is 11.1 Å². The van der Waals surface area contributed by atoms with Crippen molar-refractivity contribution in [1.82, 2.24) is 9.97 Å². The molecule has 3 aromatic rings. The first kappa shape index (κ1) is 14.8. The molecule has 0 aliphatic heterocycles. The zero-order chi connectivity index (χ0) is 16.2. The Kier molecular flexibility index (Phi) is 4.20. The van der Waals surface area contributed by atoms with Gasteiger partial charge in [-0.1, -0.05) is 48.6 Å². The molecule has 1 aromatic heterocycles. The zero-order valence-corrected chi connectivity index (χ0v) is 13.7. The highest BCUT2D eigenvalue weighted by atomic mass is 14.8. The molecule has 0 bridgehead atoms. The van der Waals surface area contributed by atoms with E-state index >= 15 is 0 Å². The minimum Gasteiger partial charge on any atom is -0.245 e. The predicted octanol–water partition coefficient (Wildman–Crippen LogP) is 4.89. The predicted molar refractivity (Wildman–Crippen MR) is 98.7 cm³/mol. The van der Waals surface area contributed by atoms with Crippen molar-refractivity contribution in [2.75, 3.05) is 0 Å². The number of hydrogen-bond donors (Lipinski definition) is 0. The van der Waals surface area contributed by atoms with Gasteiger partial charge in [-0.3, -0.25) is 0 Å².